The molecule has 1 aromatic carbocycles. The molecule has 20 heavy (non-hydrogen) atoms. The van der Waals surface area contributed by atoms with Crippen molar-refractivity contribution in [3.8, 4) is 17.0 Å². The number of carboxylic acids is 1. The predicted octanol–water partition coefficient (Wildman–Crippen LogP) is 2.36. The van der Waals surface area contributed by atoms with E-state index in [1.165, 1.54) is 25.4 Å². The van der Waals surface area contributed by atoms with Crippen molar-refractivity contribution in [3.63, 3.8) is 0 Å². The molecule has 0 saturated carbocycles. The van der Waals surface area contributed by atoms with Crippen molar-refractivity contribution in [1.82, 2.24) is 4.98 Å². The van der Waals surface area contributed by atoms with Gasteiger partial charge in [-0.25, -0.2) is 9.78 Å². The summed E-state index contributed by atoms with van der Waals surface area (Å²) in [6.45, 7) is 0. The Morgan fingerprint density at radius 3 is 2.55 bits per heavy atom. The van der Waals surface area contributed by atoms with Gasteiger partial charge in [-0.2, -0.15) is 0 Å². The molecule has 102 valence electrons. The van der Waals surface area contributed by atoms with E-state index in [0.717, 1.165) is 6.07 Å². The lowest BCUT2D eigenvalue weighted by atomic mass is 10.0. The molecule has 0 aliphatic heterocycles. The maximum Gasteiger partial charge on any atom is 0.335 e. The Bertz CT molecular complexity index is 635. The van der Waals surface area contributed by atoms with Gasteiger partial charge in [0.2, 0.25) is 5.88 Å². The van der Waals surface area contributed by atoms with E-state index in [1.54, 1.807) is 12.1 Å². The molecule has 1 N–H and O–H groups in total. The monoisotopic (exact) mass is 274 g/mol. The normalized spacial score (nSPS) is 10.1. The molecule has 1 aromatic heterocycles. The molecule has 7 nitrogen and oxygen atoms in total. The van der Waals surface area contributed by atoms with Crippen LogP contribution in [0.2, 0.25) is 0 Å². The van der Waals surface area contributed by atoms with Crippen LogP contribution in [0.5, 0.6) is 5.88 Å². The Kier molecular flexibility index (Phi) is 3.60. The number of aromatic nitrogens is 1. The molecule has 0 spiro atoms. The molecule has 0 aliphatic rings. The number of benzene rings is 1. The van der Waals surface area contributed by atoms with E-state index < -0.39 is 10.9 Å². The van der Waals surface area contributed by atoms with Gasteiger partial charge in [-0.15, -0.1) is 0 Å². The fourth-order valence-electron chi connectivity index (χ4n) is 1.68. The van der Waals surface area contributed by atoms with Gasteiger partial charge in [0.25, 0.3) is 5.69 Å². The van der Waals surface area contributed by atoms with Crippen LogP contribution in [0, 0.1) is 10.1 Å². The molecule has 0 atom stereocenters. The molecular weight excluding hydrogens is 264 g/mol. The number of hydrogen-bond donors (Lipinski definition) is 1. The van der Waals surface area contributed by atoms with Crippen molar-refractivity contribution in [3.05, 3.63) is 52.2 Å². The minimum absolute atomic E-state index is 0.148. The zero-order valence-electron chi connectivity index (χ0n) is 10.4. The second-order valence-corrected chi connectivity index (χ2v) is 3.92. The number of carbonyl (C=O) groups is 1. The van der Waals surface area contributed by atoms with Gasteiger partial charge in [-0.1, -0.05) is 0 Å². The first-order chi connectivity index (χ1) is 9.51. The average molecular weight is 274 g/mol. The van der Waals surface area contributed by atoms with E-state index >= 15 is 0 Å². The fraction of sp³-hybridized carbons (Fsp3) is 0.0769. The lowest BCUT2D eigenvalue weighted by Gasteiger charge is -2.04. The molecule has 7 heteroatoms. The van der Waals surface area contributed by atoms with Gasteiger partial charge in [0.15, 0.2) is 0 Å². The van der Waals surface area contributed by atoms with Crippen molar-refractivity contribution >= 4 is 11.7 Å². The third-order valence-electron chi connectivity index (χ3n) is 2.65. The van der Waals surface area contributed by atoms with Crippen LogP contribution in [0.15, 0.2) is 36.5 Å². The quantitative estimate of drug-likeness (QED) is 0.678. The fourth-order valence-corrected chi connectivity index (χ4v) is 1.68. The lowest BCUT2D eigenvalue weighted by Crippen LogP contribution is -1.99. The lowest BCUT2D eigenvalue weighted by molar-refractivity contribution is -0.384. The number of methoxy groups -OCH3 is 1. The topological polar surface area (TPSA) is 103 Å². The molecule has 0 bridgehead atoms. The number of rotatable bonds is 4. The Labute approximate surface area is 113 Å². The number of nitro groups is 1. The summed E-state index contributed by atoms with van der Waals surface area (Å²) < 4.78 is 4.92. The summed E-state index contributed by atoms with van der Waals surface area (Å²) in [7, 11) is 1.47. The highest BCUT2D eigenvalue weighted by molar-refractivity contribution is 5.90. The van der Waals surface area contributed by atoms with E-state index in [0.29, 0.717) is 17.0 Å². The van der Waals surface area contributed by atoms with Crippen molar-refractivity contribution < 1.29 is 19.6 Å². The molecule has 2 aromatic rings. The van der Waals surface area contributed by atoms with E-state index in [-0.39, 0.29) is 11.3 Å². The van der Waals surface area contributed by atoms with Gasteiger partial charge in [-0.05, 0) is 17.7 Å². The SMILES string of the molecule is COc1ccc(-c2cc(C(=O)O)cc([N+](=O)[O-])c2)cn1. The number of aromatic carboxylic acids is 1. The first-order valence-corrected chi connectivity index (χ1v) is 5.54. The third kappa shape index (κ3) is 2.72. The van der Waals surface area contributed by atoms with E-state index in [9.17, 15) is 14.9 Å². The minimum atomic E-state index is -1.23. The zero-order valence-corrected chi connectivity index (χ0v) is 10.4. The van der Waals surface area contributed by atoms with Crippen LogP contribution >= 0.6 is 0 Å². The Balaban J connectivity index is 2.53. The summed E-state index contributed by atoms with van der Waals surface area (Å²) in [4.78, 5) is 25.2. The highest BCUT2D eigenvalue weighted by Crippen LogP contribution is 2.26. The molecule has 0 radical (unpaired) electrons. The van der Waals surface area contributed by atoms with Crippen molar-refractivity contribution in [2.45, 2.75) is 0 Å². The van der Waals surface area contributed by atoms with E-state index in [4.69, 9.17) is 9.84 Å². The maximum atomic E-state index is 11.0. The van der Waals surface area contributed by atoms with Crippen molar-refractivity contribution in [2.24, 2.45) is 0 Å². The zero-order chi connectivity index (χ0) is 14.7. The second-order valence-electron chi connectivity index (χ2n) is 3.92. The number of nitrogens with zero attached hydrogens (tertiary/aromatic N) is 2. The predicted molar refractivity (Wildman–Crippen MR) is 69.8 cm³/mol. The Hall–Kier alpha value is -2.96. The Morgan fingerprint density at radius 2 is 2.05 bits per heavy atom. The van der Waals surface area contributed by atoms with E-state index in [2.05, 4.69) is 4.98 Å². The number of carboxylic acid groups (broad SMARTS) is 1. The highest BCUT2D eigenvalue weighted by Gasteiger charge is 2.14. The highest BCUT2D eigenvalue weighted by atomic mass is 16.6. The van der Waals surface area contributed by atoms with Gasteiger partial charge in [0.05, 0.1) is 17.6 Å². The van der Waals surface area contributed by atoms with E-state index in [1.807, 2.05) is 0 Å². The van der Waals surface area contributed by atoms with Crippen LogP contribution in [0.4, 0.5) is 5.69 Å². The first kappa shape index (κ1) is 13.5. The van der Waals surface area contributed by atoms with Gasteiger partial charge in [0, 0.05) is 30.0 Å². The number of nitro benzene ring substituents is 1. The molecule has 0 amide bonds. The summed E-state index contributed by atoms with van der Waals surface area (Å²) >= 11 is 0. The molecule has 1 heterocycles. The average Bonchev–Trinajstić information content (AvgIpc) is 2.46. The second kappa shape index (κ2) is 5.35. The molecule has 2 rings (SSSR count). The Morgan fingerprint density at radius 1 is 1.30 bits per heavy atom. The van der Waals surface area contributed by atoms with Gasteiger partial charge < -0.3 is 9.84 Å². The number of hydrogen-bond acceptors (Lipinski definition) is 5. The summed E-state index contributed by atoms with van der Waals surface area (Å²) in [5, 5.41) is 19.8. The molecule has 0 fully saturated rings. The van der Waals surface area contributed by atoms with Gasteiger partial charge in [0.1, 0.15) is 0 Å². The number of non-ortho nitro benzene ring substituents is 1. The summed E-state index contributed by atoms with van der Waals surface area (Å²) in [6, 6.07) is 6.92. The van der Waals surface area contributed by atoms with Crippen LogP contribution in [0.1, 0.15) is 10.4 Å². The minimum Gasteiger partial charge on any atom is -0.481 e. The first-order valence-electron chi connectivity index (χ1n) is 5.54. The molecule has 0 aliphatic carbocycles. The van der Waals surface area contributed by atoms with Crippen LogP contribution in [-0.2, 0) is 0 Å². The van der Waals surface area contributed by atoms with Gasteiger partial charge >= 0.3 is 5.97 Å². The maximum absolute atomic E-state index is 11.0. The van der Waals surface area contributed by atoms with Crippen molar-refractivity contribution in [1.29, 1.82) is 0 Å². The van der Waals surface area contributed by atoms with Crippen LogP contribution in [0.25, 0.3) is 11.1 Å². The standard InChI is InChI=1S/C13H10N2O5/c1-20-12-3-2-8(7-14-12)9-4-10(13(16)17)6-11(5-9)15(18)19/h2-7H,1H3,(H,16,17). The third-order valence-corrected chi connectivity index (χ3v) is 2.65. The van der Waals surface area contributed by atoms with Crippen LogP contribution in [0.3, 0.4) is 0 Å². The summed E-state index contributed by atoms with van der Waals surface area (Å²) in [5.74, 6) is -0.825. The summed E-state index contributed by atoms with van der Waals surface area (Å²) in [6.07, 6.45) is 1.46. The molecular formula is C13H10N2O5. The van der Waals surface area contributed by atoms with Crippen molar-refractivity contribution in [2.75, 3.05) is 7.11 Å². The number of pyridine rings is 1. The smallest absolute Gasteiger partial charge is 0.335 e. The molecule has 0 saturated heterocycles. The summed E-state index contributed by atoms with van der Waals surface area (Å²) in [5.41, 5.74) is 0.546. The van der Waals surface area contributed by atoms with Gasteiger partial charge in [-0.3, -0.25) is 10.1 Å². The largest absolute Gasteiger partial charge is 0.481 e. The number of ether oxygens (including phenoxy) is 1. The molecule has 0 unspecified atom stereocenters. The van der Waals surface area contributed by atoms with Crippen LogP contribution in [-0.4, -0.2) is 28.1 Å². The van der Waals surface area contributed by atoms with Crippen LogP contribution < -0.4 is 4.74 Å².